The molecule has 1 aliphatic heterocycles. The van der Waals surface area contributed by atoms with Crippen LogP contribution in [0.25, 0.3) is 11.2 Å². The van der Waals surface area contributed by atoms with E-state index in [2.05, 4.69) is 54.1 Å². The molecule has 1 aliphatic rings. The van der Waals surface area contributed by atoms with Gasteiger partial charge in [0.1, 0.15) is 17.9 Å². The Bertz CT molecular complexity index is 895. The number of fused-ring (bicyclic) bond motifs is 1. The van der Waals surface area contributed by atoms with E-state index < -0.39 is 32.8 Å². The van der Waals surface area contributed by atoms with Crippen molar-refractivity contribution < 1.29 is 14.0 Å². The molecule has 0 aromatic carbocycles. The number of hydrogen-bond donors (Lipinski definition) is 3. The van der Waals surface area contributed by atoms with Gasteiger partial charge < -0.3 is 25.9 Å². The third-order valence-corrected chi connectivity index (χ3v) is 10.3. The third-order valence-electron chi connectivity index (χ3n) is 5.85. The van der Waals surface area contributed by atoms with Gasteiger partial charge in [0.15, 0.2) is 26.0 Å². The van der Waals surface area contributed by atoms with E-state index in [1.54, 1.807) is 10.9 Å². The fourth-order valence-corrected chi connectivity index (χ4v) is 4.42. The Labute approximate surface area is 171 Å². The van der Waals surface area contributed by atoms with Crippen molar-refractivity contribution in [2.75, 3.05) is 12.3 Å². The van der Waals surface area contributed by atoms with Crippen molar-refractivity contribution in [3.8, 4) is 0 Å². The van der Waals surface area contributed by atoms with Gasteiger partial charge in [-0.15, -0.1) is 0 Å². The minimum absolute atomic E-state index is 0.00338. The predicted octanol–water partition coefficient (Wildman–Crippen LogP) is 1.16. The molecule has 3 heterocycles. The lowest BCUT2D eigenvalue weighted by atomic mass is 10.1. The number of hydrogen-bond acceptors (Lipinski definition) is 8. The highest BCUT2D eigenvalue weighted by Gasteiger charge is 2.49. The zero-order chi connectivity index (χ0) is 21.6. The smallest absolute Gasteiger partial charge is 0.216 e. The monoisotopic (exact) mass is 421 g/mol. The van der Waals surface area contributed by atoms with Crippen molar-refractivity contribution in [2.45, 2.75) is 70.3 Å². The number of rotatable bonds is 5. The Hall–Kier alpha value is -2.08. The number of anilines is 1. The number of aromatic nitrogens is 4. The molecule has 0 radical (unpaired) electrons. The van der Waals surface area contributed by atoms with Gasteiger partial charge in [0.05, 0.1) is 18.5 Å². The van der Waals surface area contributed by atoms with Crippen molar-refractivity contribution in [1.82, 2.24) is 24.8 Å². The number of amides is 1. The first kappa shape index (κ1) is 21.6. The molecule has 4 atom stereocenters. The number of nitrogens with one attached hydrogen (secondary N) is 1. The molecular formula is C18H31N7O3Si. The SMILES string of the molecule is CC(=O)NC[C@H]1O[C@@H](n2cnc3c(N)ncnc32)C(O[Si](C)(C)C(C)(C)C)C1N. The molecule has 1 fully saturated rings. The predicted molar refractivity (Wildman–Crippen MR) is 112 cm³/mol. The fourth-order valence-electron chi connectivity index (χ4n) is 3.11. The maximum atomic E-state index is 11.4. The molecule has 2 aromatic rings. The lowest BCUT2D eigenvalue weighted by Gasteiger charge is -2.40. The summed E-state index contributed by atoms with van der Waals surface area (Å²) >= 11 is 0. The Kier molecular flexibility index (Phi) is 5.69. The van der Waals surface area contributed by atoms with Crippen LogP contribution < -0.4 is 16.8 Å². The molecule has 0 saturated carbocycles. The van der Waals surface area contributed by atoms with E-state index in [1.807, 2.05) is 0 Å². The summed E-state index contributed by atoms with van der Waals surface area (Å²) in [5, 5.41) is 2.78. The first-order valence-corrected chi connectivity index (χ1v) is 12.6. The molecule has 2 aromatic heterocycles. The summed E-state index contributed by atoms with van der Waals surface area (Å²) in [6, 6.07) is -0.433. The van der Waals surface area contributed by atoms with E-state index in [9.17, 15) is 4.79 Å². The van der Waals surface area contributed by atoms with E-state index >= 15 is 0 Å². The normalized spacial score (nSPS) is 25.5. The molecular weight excluding hydrogens is 390 g/mol. The van der Waals surface area contributed by atoms with Gasteiger partial charge in [-0.1, -0.05) is 20.8 Å². The average Bonchev–Trinajstić information content (AvgIpc) is 3.15. The lowest BCUT2D eigenvalue weighted by molar-refractivity contribution is -0.119. The second kappa shape index (κ2) is 7.63. The van der Waals surface area contributed by atoms with Crippen molar-refractivity contribution in [2.24, 2.45) is 5.73 Å². The van der Waals surface area contributed by atoms with Crippen LogP contribution in [0.2, 0.25) is 18.1 Å². The standard InChI is InChI=1S/C18H31N7O3Si/c1-10(26)21-7-11-12(19)14(28-29(5,6)18(2,3)4)17(27-11)25-9-24-13-15(20)22-8-23-16(13)25/h8-9,11-12,14,17H,7,19H2,1-6H3,(H,21,26)(H2,20,22,23)/t11-,12?,14?,17-/m1/s1. The van der Waals surface area contributed by atoms with Crippen molar-refractivity contribution in [3.63, 3.8) is 0 Å². The molecule has 0 spiro atoms. The fraction of sp³-hybridized carbons (Fsp3) is 0.667. The lowest BCUT2D eigenvalue weighted by Crippen LogP contribution is -2.52. The van der Waals surface area contributed by atoms with Gasteiger partial charge in [-0.25, -0.2) is 15.0 Å². The maximum absolute atomic E-state index is 11.4. The number of nitrogens with zero attached hydrogens (tertiary/aromatic N) is 4. The Morgan fingerprint density at radius 3 is 2.66 bits per heavy atom. The number of nitrogen functional groups attached to an aromatic ring is 1. The zero-order valence-corrected chi connectivity index (χ0v) is 18.8. The molecule has 1 amide bonds. The molecule has 0 bridgehead atoms. The third kappa shape index (κ3) is 4.13. The van der Waals surface area contributed by atoms with Crippen LogP contribution in [0.5, 0.6) is 0 Å². The number of carbonyl (C=O) groups is 1. The van der Waals surface area contributed by atoms with Crippen LogP contribution in [0.4, 0.5) is 5.82 Å². The number of carbonyl (C=O) groups excluding carboxylic acids is 1. The van der Waals surface area contributed by atoms with Crippen LogP contribution in [0.1, 0.15) is 33.9 Å². The van der Waals surface area contributed by atoms with Crippen LogP contribution in [0.15, 0.2) is 12.7 Å². The first-order chi connectivity index (χ1) is 13.4. The van der Waals surface area contributed by atoms with Gasteiger partial charge >= 0.3 is 0 Å². The van der Waals surface area contributed by atoms with Crippen LogP contribution in [-0.4, -0.2) is 58.5 Å². The molecule has 1 saturated heterocycles. The average molecular weight is 422 g/mol. The highest BCUT2D eigenvalue weighted by molar-refractivity contribution is 6.74. The van der Waals surface area contributed by atoms with E-state index in [0.717, 1.165) is 0 Å². The van der Waals surface area contributed by atoms with Crippen LogP contribution >= 0.6 is 0 Å². The maximum Gasteiger partial charge on any atom is 0.216 e. The molecule has 2 unspecified atom stereocenters. The molecule has 11 heteroatoms. The summed E-state index contributed by atoms with van der Waals surface area (Å²) in [6.07, 6.45) is 1.63. The van der Waals surface area contributed by atoms with Crippen molar-refractivity contribution in [3.05, 3.63) is 12.7 Å². The zero-order valence-electron chi connectivity index (χ0n) is 17.8. The first-order valence-electron chi connectivity index (χ1n) is 9.68. The number of imidazole rings is 1. The highest BCUT2D eigenvalue weighted by atomic mass is 28.4. The minimum Gasteiger partial charge on any atom is -0.408 e. The van der Waals surface area contributed by atoms with E-state index in [4.69, 9.17) is 20.6 Å². The summed E-state index contributed by atoms with van der Waals surface area (Å²) in [5.74, 6) is 0.160. The number of nitrogens with two attached hydrogens (primary N) is 2. The summed E-state index contributed by atoms with van der Waals surface area (Å²) in [7, 11) is -2.16. The van der Waals surface area contributed by atoms with E-state index in [-0.39, 0.29) is 10.9 Å². The largest absolute Gasteiger partial charge is 0.408 e. The Balaban J connectivity index is 1.98. The van der Waals surface area contributed by atoms with Gasteiger partial charge in [0.2, 0.25) is 5.91 Å². The topological polar surface area (TPSA) is 143 Å². The molecule has 10 nitrogen and oxygen atoms in total. The van der Waals surface area contributed by atoms with Crippen LogP contribution in [0.3, 0.4) is 0 Å². The Morgan fingerprint density at radius 1 is 1.34 bits per heavy atom. The Morgan fingerprint density at radius 2 is 2.03 bits per heavy atom. The minimum atomic E-state index is -2.16. The van der Waals surface area contributed by atoms with Gasteiger partial charge in [0, 0.05) is 13.5 Å². The van der Waals surface area contributed by atoms with Crippen LogP contribution in [0, 0.1) is 0 Å². The van der Waals surface area contributed by atoms with E-state index in [0.29, 0.717) is 23.5 Å². The van der Waals surface area contributed by atoms with Gasteiger partial charge in [-0.2, -0.15) is 0 Å². The molecule has 160 valence electrons. The molecule has 3 rings (SSSR count). The summed E-state index contributed by atoms with van der Waals surface area (Å²) in [4.78, 5) is 24.1. The van der Waals surface area contributed by atoms with Crippen molar-refractivity contribution >= 4 is 31.2 Å². The van der Waals surface area contributed by atoms with Gasteiger partial charge in [-0.3, -0.25) is 9.36 Å². The van der Waals surface area contributed by atoms with Crippen LogP contribution in [-0.2, 0) is 14.0 Å². The summed E-state index contributed by atoms with van der Waals surface area (Å²) in [6.45, 7) is 12.6. The summed E-state index contributed by atoms with van der Waals surface area (Å²) in [5.41, 5.74) is 13.5. The quantitative estimate of drug-likeness (QED) is 0.610. The number of ether oxygens (including phenoxy) is 1. The summed E-state index contributed by atoms with van der Waals surface area (Å²) < 4.78 is 14.7. The second-order valence-electron chi connectivity index (χ2n) is 9.01. The van der Waals surface area contributed by atoms with E-state index in [1.165, 1.54) is 13.3 Å². The molecule has 5 N–H and O–H groups in total. The highest BCUT2D eigenvalue weighted by Crippen LogP contribution is 2.41. The molecule has 0 aliphatic carbocycles. The van der Waals surface area contributed by atoms with Gasteiger partial charge in [0.25, 0.3) is 0 Å². The van der Waals surface area contributed by atoms with Gasteiger partial charge in [-0.05, 0) is 18.1 Å². The second-order valence-corrected chi connectivity index (χ2v) is 13.8. The molecule has 29 heavy (non-hydrogen) atoms. The van der Waals surface area contributed by atoms with Crippen molar-refractivity contribution in [1.29, 1.82) is 0 Å².